The first-order chi connectivity index (χ1) is 13.3. The van der Waals surface area contributed by atoms with Crippen molar-refractivity contribution in [2.75, 3.05) is 17.2 Å². The van der Waals surface area contributed by atoms with Gasteiger partial charge < -0.3 is 15.4 Å². The van der Waals surface area contributed by atoms with Gasteiger partial charge in [-0.2, -0.15) is 13.2 Å². The van der Waals surface area contributed by atoms with Gasteiger partial charge in [0.15, 0.2) is 0 Å². The summed E-state index contributed by atoms with van der Waals surface area (Å²) in [5.74, 6) is -1.71. The number of rotatable bonds is 6. The standard InChI is InChI=1S/C20H19F3N2O3/c1-2-28-17-10-6-5-9-16(17)25-19(27)13-11-12(13)18(26)24-15-8-4-3-7-14(15)20(21,22)23/h3-10,12-13H,2,11H2,1H3,(H,24,26)(H,25,27). The molecule has 0 radical (unpaired) electrons. The van der Waals surface area contributed by atoms with E-state index in [2.05, 4.69) is 10.6 Å². The van der Waals surface area contributed by atoms with Crippen LogP contribution in [0.15, 0.2) is 48.5 Å². The maximum atomic E-state index is 13.0. The Morgan fingerprint density at radius 1 is 0.964 bits per heavy atom. The lowest BCUT2D eigenvalue weighted by atomic mass is 10.1. The fourth-order valence-electron chi connectivity index (χ4n) is 2.92. The minimum atomic E-state index is -4.58. The molecule has 2 aromatic rings. The Morgan fingerprint density at radius 3 is 2.11 bits per heavy atom. The van der Waals surface area contributed by atoms with E-state index in [0.29, 0.717) is 18.0 Å². The molecule has 0 spiro atoms. The van der Waals surface area contributed by atoms with Crippen molar-refractivity contribution in [1.82, 2.24) is 0 Å². The van der Waals surface area contributed by atoms with Crippen LogP contribution in [-0.2, 0) is 15.8 Å². The van der Waals surface area contributed by atoms with Crippen LogP contribution < -0.4 is 15.4 Å². The number of carbonyl (C=O) groups excluding carboxylic acids is 2. The van der Waals surface area contributed by atoms with Gasteiger partial charge >= 0.3 is 6.18 Å². The van der Waals surface area contributed by atoms with E-state index in [1.54, 1.807) is 24.3 Å². The van der Waals surface area contributed by atoms with Crippen LogP contribution in [0.1, 0.15) is 18.9 Å². The molecule has 2 aromatic carbocycles. The monoisotopic (exact) mass is 392 g/mol. The molecule has 0 saturated heterocycles. The summed E-state index contributed by atoms with van der Waals surface area (Å²) in [7, 11) is 0. The molecule has 2 amide bonds. The number of halogens is 3. The van der Waals surface area contributed by atoms with E-state index in [-0.39, 0.29) is 18.0 Å². The van der Waals surface area contributed by atoms with Gasteiger partial charge in [0.25, 0.3) is 0 Å². The van der Waals surface area contributed by atoms with E-state index >= 15 is 0 Å². The normalized spacial score (nSPS) is 18.3. The number of hydrogen-bond acceptors (Lipinski definition) is 3. The fraction of sp³-hybridized carbons (Fsp3) is 0.300. The van der Waals surface area contributed by atoms with Crippen LogP contribution in [0.3, 0.4) is 0 Å². The van der Waals surface area contributed by atoms with Crippen molar-refractivity contribution in [2.45, 2.75) is 19.5 Å². The number of carbonyl (C=O) groups is 2. The Kier molecular flexibility index (Phi) is 5.58. The third-order valence-electron chi connectivity index (χ3n) is 4.40. The fourth-order valence-corrected chi connectivity index (χ4v) is 2.92. The van der Waals surface area contributed by atoms with Gasteiger partial charge in [-0.25, -0.2) is 0 Å². The topological polar surface area (TPSA) is 67.4 Å². The maximum absolute atomic E-state index is 13.0. The number of benzene rings is 2. The van der Waals surface area contributed by atoms with Crippen LogP contribution in [0.2, 0.25) is 0 Å². The van der Waals surface area contributed by atoms with Crippen LogP contribution in [0.4, 0.5) is 24.5 Å². The second-order valence-corrected chi connectivity index (χ2v) is 6.40. The van der Waals surface area contributed by atoms with Crippen molar-refractivity contribution in [3.05, 3.63) is 54.1 Å². The second kappa shape index (κ2) is 7.92. The second-order valence-electron chi connectivity index (χ2n) is 6.40. The molecular weight excluding hydrogens is 373 g/mol. The molecule has 1 aliphatic carbocycles. The van der Waals surface area contributed by atoms with E-state index in [1.807, 2.05) is 6.92 Å². The summed E-state index contributed by atoms with van der Waals surface area (Å²) in [5, 5.41) is 5.01. The highest BCUT2D eigenvalue weighted by molar-refractivity contribution is 6.04. The molecule has 148 valence electrons. The lowest BCUT2D eigenvalue weighted by Gasteiger charge is -2.13. The molecule has 1 fully saturated rings. The van der Waals surface area contributed by atoms with Crippen molar-refractivity contribution in [2.24, 2.45) is 11.8 Å². The van der Waals surface area contributed by atoms with Gasteiger partial charge in [-0.3, -0.25) is 9.59 Å². The zero-order valence-electron chi connectivity index (χ0n) is 15.0. The summed E-state index contributed by atoms with van der Waals surface area (Å²) in [4.78, 5) is 24.7. The van der Waals surface area contributed by atoms with Gasteiger partial charge in [0.1, 0.15) is 5.75 Å². The highest BCUT2D eigenvalue weighted by atomic mass is 19.4. The molecule has 2 atom stereocenters. The van der Waals surface area contributed by atoms with Gasteiger partial charge in [0.2, 0.25) is 11.8 Å². The van der Waals surface area contributed by atoms with Gasteiger partial charge in [0.05, 0.1) is 35.4 Å². The zero-order chi connectivity index (χ0) is 20.3. The number of anilines is 2. The van der Waals surface area contributed by atoms with Crippen molar-refractivity contribution < 1.29 is 27.5 Å². The van der Waals surface area contributed by atoms with Gasteiger partial charge in [-0.05, 0) is 37.6 Å². The highest BCUT2D eigenvalue weighted by Gasteiger charge is 2.48. The first-order valence-corrected chi connectivity index (χ1v) is 8.81. The summed E-state index contributed by atoms with van der Waals surface area (Å²) in [6.45, 7) is 2.25. The number of amides is 2. The molecule has 2 unspecified atom stereocenters. The molecule has 8 heteroatoms. The molecule has 0 aliphatic heterocycles. The summed E-state index contributed by atoms with van der Waals surface area (Å²) in [6, 6.07) is 11.7. The van der Waals surface area contributed by atoms with Gasteiger partial charge in [-0.1, -0.05) is 24.3 Å². The van der Waals surface area contributed by atoms with Crippen LogP contribution in [0.25, 0.3) is 0 Å². The maximum Gasteiger partial charge on any atom is 0.418 e. The smallest absolute Gasteiger partial charge is 0.418 e. The third kappa shape index (κ3) is 4.44. The number of nitrogens with one attached hydrogen (secondary N) is 2. The van der Waals surface area contributed by atoms with E-state index in [0.717, 1.165) is 6.07 Å². The van der Waals surface area contributed by atoms with Crippen molar-refractivity contribution >= 4 is 23.2 Å². The molecule has 3 rings (SSSR count). The van der Waals surface area contributed by atoms with E-state index in [9.17, 15) is 22.8 Å². The Bertz CT molecular complexity index is 883. The molecule has 1 aliphatic rings. The average molecular weight is 392 g/mol. The molecule has 0 heterocycles. The van der Waals surface area contributed by atoms with Crippen molar-refractivity contribution in [3.63, 3.8) is 0 Å². The van der Waals surface area contributed by atoms with Gasteiger partial charge in [0, 0.05) is 0 Å². The van der Waals surface area contributed by atoms with E-state index < -0.39 is 29.5 Å². The first-order valence-electron chi connectivity index (χ1n) is 8.81. The van der Waals surface area contributed by atoms with Crippen molar-refractivity contribution in [3.8, 4) is 5.75 Å². The Hall–Kier alpha value is -3.03. The minimum absolute atomic E-state index is 0.280. The van der Waals surface area contributed by atoms with Crippen LogP contribution in [-0.4, -0.2) is 18.4 Å². The molecule has 0 aromatic heterocycles. The quantitative estimate of drug-likeness (QED) is 0.770. The van der Waals surface area contributed by atoms with E-state index in [4.69, 9.17) is 4.74 Å². The number of para-hydroxylation sites is 3. The number of hydrogen-bond donors (Lipinski definition) is 2. The summed E-state index contributed by atoms with van der Waals surface area (Å²) >= 11 is 0. The molecule has 28 heavy (non-hydrogen) atoms. The van der Waals surface area contributed by atoms with Crippen LogP contribution in [0.5, 0.6) is 5.75 Å². The Labute approximate surface area is 159 Å². The lowest BCUT2D eigenvalue weighted by Crippen LogP contribution is -2.22. The summed E-state index contributed by atoms with van der Waals surface area (Å²) in [5.41, 5.74) is -0.744. The van der Waals surface area contributed by atoms with Crippen LogP contribution in [0, 0.1) is 11.8 Å². The molecule has 5 nitrogen and oxygen atoms in total. The summed E-state index contributed by atoms with van der Waals surface area (Å²) < 4.78 is 44.5. The van der Waals surface area contributed by atoms with Gasteiger partial charge in [-0.15, -0.1) is 0 Å². The SMILES string of the molecule is CCOc1ccccc1NC(=O)C1CC1C(=O)Nc1ccccc1C(F)(F)F. The predicted octanol–water partition coefficient (Wildman–Crippen LogP) is 4.32. The minimum Gasteiger partial charge on any atom is -0.492 e. The van der Waals surface area contributed by atoms with Crippen molar-refractivity contribution in [1.29, 1.82) is 0 Å². The highest BCUT2D eigenvalue weighted by Crippen LogP contribution is 2.42. The molecule has 2 N–H and O–H groups in total. The Balaban J connectivity index is 1.63. The Morgan fingerprint density at radius 2 is 1.50 bits per heavy atom. The average Bonchev–Trinajstić information content (AvgIpc) is 3.44. The molecule has 1 saturated carbocycles. The largest absolute Gasteiger partial charge is 0.492 e. The third-order valence-corrected chi connectivity index (χ3v) is 4.40. The van der Waals surface area contributed by atoms with E-state index in [1.165, 1.54) is 18.2 Å². The number of ether oxygens (including phenoxy) is 1. The first kappa shape index (κ1) is 19.7. The zero-order valence-corrected chi connectivity index (χ0v) is 15.0. The molecule has 0 bridgehead atoms. The molecular formula is C20H19F3N2O3. The predicted molar refractivity (Wildman–Crippen MR) is 97.9 cm³/mol. The van der Waals surface area contributed by atoms with Crippen LogP contribution >= 0.6 is 0 Å². The number of alkyl halides is 3. The summed E-state index contributed by atoms with van der Waals surface area (Å²) in [6.07, 6.45) is -4.30. The lowest BCUT2D eigenvalue weighted by molar-refractivity contribution is -0.137.